The SMILES string of the molecule is CC(CNCC1CCC(C(=O)O)O1)N1CCCCC1. The van der Waals surface area contributed by atoms with Crippen molar-refractivity contribution in [3.05, 3.63) is 0 Å². The van der Waals surface area contributed by atoms with Crippen LogP contribution in [0.1, 0.15) is 39.0 Å². The Labute approximate surface area is 115 Å². The van der Waals surface area contributed by atoms with Crippen LogP contribution in [-0.4, -0.2) is 60.4 Å². The molecule has 5 heteroatoms. The summed E-state index contributed by atoms with van der Waals surface area (Å²) < 4.78 is 5.47. The van der Waals surface area contributed by atoms with Crippen LogP contribution >= 0.6 is 0 Å². The zero-order valence-electron chi connectivity index (χ0n) is 11.8. The largest absolute Gasteiger partial charge is 0.479 e. The van der Waals surface area contributed by atoms with Crippen molar-refractivity contribution < 1.29 is 14.6 Å². The van der Waals surface area contributed by atoms with Crippen LogP contribution in [0.3, 0.4) is 0 Å². The van der Waals surface area contributed by atoms with E-state index in [0.29, 0.717) is 12.5 Å². The highest BCUT2D eigenvalue weighted by atomic mass is 16.5. The topological polar surface area (TPSA) is 61.8 Å². The fourth-order valence-corrected chi connectivity index (χ4v) is 2.98. The first kappa shape index (κ1) is 14.8. The summed E-state index contributed by atoms with van der Waals surface area (Å²) >= 11 is 0. The smallest absolute Gasteiger partial charge is 0.332 e. The highest BCUT2D eigenvalue weighted by Gasteiger charge is 2.30. The number of likely N-dealkylation sites (tertiary alicyclic amines) is 1. The lowest BCUT2D eigenvalue weighted by Gasteiger charge is -2.32. The first-order valence-corrected chi connectivity index (χ1v) is 7.50. The first-order chi connectivity index (χ1) is 9.16. The zero-order chi connectivity index (χ0) is 13.7. The van der Waals surface area contributed by atoms with E-state index >= 15 is 0 Å². The normalized spacial score (nSPS) is 30.4. The summed E-state index contributed by atoms with van der Waals surface area (Å²) in [6.45, 7) is 6.40. The Morgan fingerprint density at radius 3 is 2.74 bits per heavy atom. The van der Waals surface area contributed by atoms with Gasteiger partial charge in [0.2, 0.25) is 0 Å². The van der Waals surface area contributed by atoms with E-state index in [1.165, 1.54) is 32.4 Å². The number of carboxylic acids is 1. The molecule has 0 aromatic carbocycles. The van der Waals surface area contributed by atoms with Crippen LogP contribution in [-0.2, 0) is 9.53 Å². The molecule has 19 heavy (non-hydrogen) atoms. The lowest BCUT2D eigenvalue weighted by Crippen LogP contribution is -2.44. The lowest BCUT2D eigenvalue weighted by atomic mass is 10.1. The average molecular weight is 270 g/mol. The minimum absolute atomic E-state index is 0.0645. The summed E-state index contributed by atoms with van der Waals surface area (Å²) in [5.41, 5.74) is 0. The van der Waals surface area contributed by atoms with Gasteiger partial charge in [0.15, 0.2) is 6.10 Å². The highest BCUT2D eigenvalue weighted by molar-refractivity contribution is 5.72. The van der Waals surface area contributed by atoms with Crippen molar-refractivity contribution in [3.63, 3.8) is 0 Å². The van der Waals surface area contributed by atoms with Crippen LogP contribution in [0.4, 0.5) is 0 Å². The minimum Gasteiger partial charge on any atom is -0.479 e. The molecule has 0 amide bonds. The van der Waals surface area contributed by atoms with Gasteiger partial charge in [-0.3, -0.25) is 4.90 Å². The summed E-state index contributed by atoms with van der Waals surface area (Å²) in [4.78, 5) is 13.3. The Hall–Kier alpha value is -0.650. The minimum atomic E-state index is -0.829. The Morgan fingerprint density at radius 1 is 1.37 bits per heavy atom. The summed E-state index contributed by atoms with van der Waals surface area (Å²) in [6, 6.07) is 0.553. The van der Waals surface area contributed by atoms with Gasteiger partial charge in [0.05, 0.1) is 6.10 Å². The molecule has 0 radical (unpaired) electrons. The monoisotopic (exact) mass is 270 g/mol. The number of nitrogens with zero attached hydrogens (tertiary/aromatic N) is 1. The van der Waals surface area contributed by atoms with Crippen LogP contribution in [0.15, 0.2) is 0 Å². The van der Waals surface area contributed by atoms with Gasteiger partial charge in [-0.15, -0.1) is 0 Å². The van der Waals surface area contributed by atoms with Gasteiger partial charge in [0.25, 0.3) is 0 Å². The quantitative estimate of drug-likeness (QED) is 0.756. The molecule has 2 N–H and O–H groups in total. The van der Waals surface area contributed by atoms with Crippen LogP contribution in [0.2, 0.25) is 0 Å². The van der Waals surface area contributed by atoms with Crippen molar-refractivity contribution >= 4 is 5.97 Å². The molecule has 2 aliphatic heterocycles. The maximum Gasteiger partial charge on any atom is 0.332 e. The number of aliphatic carboxylic acids is 1. The van der Waals surface area contributed by atoms with E-state index in [0.717, 1.165) is 19.5 Å². The third-order valence-corrected chi connectivity index (χ3v) is 4.21. The first-order valence-electron chi connectivity index (χ1n) is 7.50. The molecule has 2 rings (SSSR count). The maximum atomic E-state index is 10.8. The molecule has 0 aromatic rings. The molecule has 2 saturated heterocycles. The van der Waals surface area contributed by atoms with Crippen molar-refractivity contribution in [2.24, 2.45) is 0 Å². The Bertz CT molecular complexity index is 292. The zero-order valence-corrected chi connectivity index (χ0v) is 11.8. The number of nitrogens with one attached hydrogen (secondary N) is 1. The standard InChI is InChI=1S/C14H26N2O3/c1-11(16-7-3-2-4-8-16)9-15-10-12-5-6-13(19-12)14(17)18/h11-13,15H,2-10H2,1H3,(H,17,18). The molecule has 5 nitrogen and oxygen atoms in total. The van der Waals surface area contributed by atoms with Gasteiger partial charge in [0, 0.05) is 19.1 Å². The highest BCUT2D eigenvalue weighted by Crippen LogP contribution is 2.19. The van der Waals surface area contributed by atoms with E-state index in [9.17, 15) is 4.79 Å². The van der Waals surface area contributed by atoms with Crippen molar-refractivity contribution in [2.75, 3.05) is 26.2 Å². The molecule has 3 atom stereocenters. The van der Waals surface area contributed by atoms with Gasteiger partial charge in [0.1, 0.15) is 0 Å². The Balaban J connectivity index is 1.60. The van der Waals surface area contributed by atoms with E-state index in [2.05, 4.69) is 17.1 Å². The van der Waals surface area contributed by atoms with E-state index < -0.39 is 12.1 Å². The van der Waals surface area contributed by atoms with Gasteiger partial charge in [-0.25, -0.2) is 4.79 Å². The molecular formula is C14H26N2O3. The van der Waals surface area contributed by atoms with E-state index in [1.54, 1.807) is 0 Å². The molecule has 110 valence electrons. The van der Waals surface area contributed by atoms with Crippen LogP contribution in [0.25, 0.3) is 0 Å². The summed E-state index contributed by atoms with van der Waals surface area (Å²) in [5, 5.41) is 12.3. The number of piperidine rings is 1. The molecule has 2 heterocycles. The number of carboxylic acid groups (broad SMARTS) is 1. The summed E-state index contributed by atoms with van der Waals surface area (Å²) in [6.07, 6.45) is 4.96. The molecular weight excluding hydrogens is 244 g/mol. The van der Waals surface area contributed by atoms with Gasteiger partial charge in [-0.05, 0) is 45.7 Å². The van der Waals surface area contributed by atoms with Crippen LogP contribution in [0, 0.1) is 0 Å². The van der Waals surface area contributed by atoms with Crippen molar-refractivity contribution in [1.82, 2.24) is 10.2 Å². The summed E-state index contributed by atoms with van der Waals surface area (Å²) in [7, 11) is 0. The Kier molecular flexibility index (Phi) is 5.60. The van der Waals surface area contributed by atoms with E-state index in [4.69, 9.17) is 9.84 Å². The van der Waals surface area contributed by atoms with Crippen LogP contribution < -0.4 is 5.32 Å². The van der Waals surface area contributed by atoms with Gasteiger partial charge >= 0.3 is 5.97 Å². The molecule has 0 bridgehead atoms. The molecule has 3 unspecified atom stereocenters. The number of ether oxygens (including phenoxy) is 1. The average Bonchev–Trinajstić information content (AvgIpc) is 2.89. The van der Waals surface area contributed by atoms with Crippen molar-refractivity contribution in [2.45, 2.75) is 57.3 Å². The fraction of sp³-hybridized carbons (Fsp3) is 0.929. The fourth-order valence-electron chi connectivity index (χ4n) is 2.98. The molecule has 2 aliphatic rings. The second-order valence-electron chi connectivity index (χ2n) is 5.77. The predicted molar refractivity (Wildman–Crippen MR) is 73.3 cm³/mol. The molecule has 0 spiro atoms. The predicted octanol–water partition coefficient (Wildman–Crippen LogP) is 1.08. The Morgan fingerprint density at radius 2 is 2.11 bits per heavy atom. The molecule has 0 aromatic heterocycles. The van der Waals surface area contributed by atoms with Crippen molar-refractivity contribution in [1.29, 1.82) is 0 Å². The molecule has 2 fully saturated rings. The van der Waals surface area contributed by atoms with Gasteiger partial charge in [-0.2, -0.15) is 0 Å². The summed E-state index contributed by atoms with van der Waals surface area (Å²) in [5.74, 6) is -0.829. The second-order valence-corrected chi connectivity index (χ2v) is 5.77. The second kappa shape index (κ2) is 7.22. The van der Waals surface area contributed by atoms with Crippen molar-refractivity contribution in [3.8, 4) is 0 Å². The third-order valence-electron chi connectivity index (χ3n) is 4.21. The van der Waals surface area contributed by atoms with Gasteiger partial charge in [-0.1, -0.05) is 6.42 Å². The lowest BCUT2D eigenvalue weighted by molar-refractivity contribution is -0.149. The number of rotatable bonds is 6. The molecule has 0 saturated carbocycles. The number of hydrogen-bond donors (Lipinski definition) is 2. The van der Waals surface area contributed by atoms with Crippen LogP contribution in [0.5, 0.6) is 0 Å². The third kappa shape index (κ3) is 4.44. The number of carbonyl (C=O) groups is 1. The number of hydrogen-bond acceptors (Lipinski definition) is 4. The maximum absolute atomic E-state index is 10.8. The van der Waals surface area contributed by atoms with E-state index in [-0.39, 0.29) is 6.10 Å². The molecule has 0 aliphatic carbocycles. The van der Waals surface area contributed by atoms with E-state index in [1.807, 2.05) is 0 Å². The van der Waals surface area contributed by atoms with Gasteiger partial charge < -0.3 is 15.2 Å².